The van der Waals surface area contributed by atoms with Gasteiger partial charge in [0, 0.05) is 37.0 Å². The van der Waals surface area contributed by atoms with Crippen LogP contribution in [0.1, 0.15) is 45.1 Å². The summed E-state index contributed by atoms with van der Waals surface area (Å²) >= 11 is 6.55. The van der Waals surface area contributed by atoms with Crippen molar-refractivity contribution in [3.05, 3.63) is 35.9 Å². The fourth-order valence-electron chi connectivity index (χ4n) is 3.89. The minimum Gasteiger partial charge on any atom is -0.465 e. The quantitative estimate of drug-likeness (QED) is 0.351. The zero-order chi connectivity index (χ0) is 22.0. The highest BCUT2D eigenvalue weighted by molar-refractivity contribution is 6.20. The van der Waals surface area contributed by atoms with E-state index < -0.39 is 12.2 Å². The van der Waals surface area contributed by atoms with Crippen LogP contribution in [0.25, 0.3) is 0 Å². The van der Waals surface area contributed by atoms with Gasteiger partial charge in [-0.15, -0.1) is 11.6 Å². The van der Waals surface area contributed by atoms with Crippen molar-refractivity contribution in [3.63, 3.8) is 0 Å². The van der Waals surface area contributed by atoms with Crippen LogP contribution in [0.15, 0.2) is 30.3 Å². The first-order valence-corrected chi connectivity index (χ1v) is 11.3. The number of alkyl halides is 1. The first kappa shape index (κ1) is 24.9. The summed E-state index contributed by atoms with van der Waals surface area (Å²) in [5.41, 5.74) is 1.14. The van der Waals surface area contributed by atoms with Crippen molar-refractivity contribution in [2.75, 3.05) is 26.3 Å². The predicted octanol–water partition coefficient (Wildman–Crippen LogP) is 3.66. The highest BCUT2D eigenvalue weighted by atomic mass is 35.5. The average Bonchev–Trinajstić information content (AvgIpc) is 3.25. The number of carboxylic acid groups (broad SMARTS) is 1. The second-order valence-corrected chi connectivity index (χ2v) is 9.69. The molecule has 1 fully saturated rings. The van der Waals surface area contributed by atoms with Crippen LogP contribution in [0.3, 0.4) is 0 Å². The van der Waals surface area contributed by atoms with E-state index in [1.165, 1.54) is 0 Å². The normalized spacial score (nSPS) is 19.9. The molecule has 7 heteroatoms. The van der Waals surface area contributed by atoms with Gasteiger partial charge in [-0.1, -0.05) is 50.6 Å². The molecular formula is C23H37ClN2O4. The molecule has 0 aromatic heterocycles. The number of hydrogen-bond donors (Lipinski definition) is 4. The Morgan fingerprint density at radius 2 is 2.07 bits per heavy atom. The lowest BCUT2D eigenvalue weighted by atomic mass is 9.85. The highest BCUT2D eigenvalue weighted by Crippen LogP contribution is 2.28. The molecule has 0 spiro atoms. The molecule has 6 nitrogen and oxygen atoms in total. The van der Waals surface area contributed by atoms with E-state index in [-0.39, 0.29) is 23.4 Å². The largest absolute Gasteiger partial charge is 0.465 e. The van der Waals surface area contributed by atoms with Crippen molar-refractivity contribution in [1.29, 1.82) is 0 Å². The van der Waals surface area contributed by atoms with Gasteiger partial charge in [0.15, 0.2) is 0 Å². The maximum atomic E-state index is 10.8. The third-order valence-electron chi connectivity index (χ3n) is 5.88. The van der Waals surface area contributed by atoms with Crippen LogP contribution in [-0.2, 0) is 11.2 Å². The van der Waals surface area contributed by atoms with Gasteiger partial charge in [0.2, 0.25) is 0 Å². The number of rotatable bonds is 13. The smallest absolute Gasteiger partial charge is 0.404 e. The molecule has 1 heterocycles. The summed E-state index contributed by atoms with van der Waals surface area (Å²) in [5.74, 6) is 0.472. The third kappa shape index (κ3) is 9.21. The fourth-order valence-corrected chi connectivity index (χ4v) is 4.24. The van der Waals surface area contributed by atoms with Crippen LogP contribution < -0.4 is 10.6 Å². The fraction of sp³-hybridized carbons (Fsp3) is 0.696. The monoisotopic (exact) mass is 440 g/mol. The van der Waals surface area contributed by atoms with E-state index in [1.807, 2.05) is 30.3 Å². The van der Waals surface area contributed by atoms with Gasteiger partial charge < -0.3 is 25.6 Å². The van der Waals surface area contributed by atoms with Crippen molar-refractivity contribution in [2.45, 2.75) is 63.5 Å². The van der Waals surface area contributed by atoms with E-state index in [2.05, 4.69) is 24.5 Å². The van der Waals surface area contributed by atoms with Crippen LogP contribution in [0, 0.1) is 11.3 Å². The first-order chi connectivity index (χ1) is 14.3. The van der Waals surface area contributed by atoms with E-state index in [4.69, 9.17) is 21.4 Å². The molecule has 0 saturated carbocycles. The van der Waals surface area contributed by atoms with Gasteiger partial charge in [0.05, 0.1) is 12.7 Å². The molecule has 0 aliphatic carbocycles. The maximum absolute atomic E-state index is 10.8. The van der Waals surface area contributed by atoms with E-state index in [0.717, 1.165) is 51.0 Å². The Kier molecular flexibility index (Phi) is 10.4. The van der Waals surface area contributed by atoms with Crippen molar-refractivity contribution in [3.8, 4) is 0 Å². The van der Waals surface area contributed by atoms with E-state index >= 15 is 0 Å². The summed E-state index contributed by atoms with van der Waals surface area (Å²) in [6.07, 6.45) is 2.80. The summed E-state index contributed by atoms with van der Waals surface area (Å²) < 4.78 is 5.44. The number of carbonyl (C=O) groups is 1. The minimum absolute atomic E-state index is 0.00233. The number of benzene rings is 1. The minimum atomic E-state index is -1.13. The molecule has 1 aromatic rings. The summed E-state index contributed by atoms with van der Waals surface area (Å²) in [7, 11) is 0. The lowest BCUT2D eigenvalue weighted by molar-refractivity contribution is 0.113. The molecular weight excluding hydrogens is 404 g/mol. The van der Waals surface area contributed by atoms with Crippen molar-refractivity contribution < 1.29 is 19.7 Å². The molecule has 1 aromatic carbocycles. The topological polar surface area (TPSA) is 90.8 Å². The van der Waals surface area contributed by atoms with E-state index in [9.17, 15) is 9.90 Å². The molecule has 1 amide bonds. The Bertz CT molecular complexity index is 623. The molecule has 1 saturated heterocycles. The zero-order valence-electron chi connectivity index (χ0n) is 18.1. The molecule has 4 atom stereocenters. The maximum Gasteiger partial charge on any atom is 0.404 e. The lowest BCUT2D eigenvalue weighted by Gasteiger charge is -2.31. The van der Waals surface area contributed by atoms with Gasteiger partial charge in [0.1, 0.15) is 0 Å². The van der Waals surface area contributed by atoms with Crippen LogP contribution in [0.5, 0.6) is 0 Å². The number of aliphatic hydroxyl groups excluding tert-OH is 1. The molecule has 30 heavy (non-hydrogen) atoms. The number of aliphatic hydroxyl groups is 1. The molecule has 2 unspecified atom stereocenters. The van der Waals surface area contributed by atoms with Gasteiger partial charge in [-0.05, 0) is 36.7 Å². The van der Waals surface area contributed by atoms with Crippen LogP contribution >= 0.6 is 11.6 Å². The summed E-state index contributed by atoms with van der Waals surface area (Å²) in [5, 5.41) is 25.4. The first-order valence-electron chi connectivity index (χ1n) is 10.9. The molecule has 4 N–H and O–H groups in total. The Balaban J connectivity index is 1.83. The SMILES string of the molecule is CC(C)(CCCC(Cl)C1CCOC1)CN[C@@H](Cc1ccccc1)[C@H](O)CNC(=O)O. The van der Waals surface area contributed by atoms with Crippen LogP contribution in [-0.4, -0.2) is 60.1 Å². The van der Waals surface area contributed by atoms with Crippen molar-refractivity contribution in [2.24, 2.45) is 11.3 Å². The van der Waals surface area contributed by atoms with Crippen LogP contribution in [0.4, 0.5) is 4.79 Å². The summed E-state index contributed by atoms with van der Waals surface area (Å²) in [6, 6.07) is 9.69. The molecule has 0 bridgehead atoms. The molecule has 1 aliphatic heterocycles. The highest BCUT2D eigenvalue weighted by Gasteiger charge is 2.27. The van der Waals surface area contributed by atoms with Gasteiger partial charge in [-0.3, -0.25) is 0 Å². The third-order valence-corrected chi connectivity index (χ3v) is 6.45. The van der Waals surface area contributed by atoms with Crippen molar-refractivity contribution in [1.82, 2.24) is 10.6 Å². The Morgan fingerprint density at radius 1 is 1.33 bits per heavy atom. The van der Waals surface area contributed by atoms with E-state index in [1.54, 1.807) is 0 Å². The lowest BCUT2D eigenvalue weighted by Crippen LogP contribution is -2.49. The van der Waals surface area contributed by atoms with Crippen molar-refractivity contribution >= 4 is 17.7 Å². The molecule has 1 aliphatic rings. The van der Waals surface area contributed by atoms with E-state index in [0.29, 0.717) is 12.3 Å². The number of amides is 1. The van der Waals surface area contributed by atoms with Gasteiger partial charge in [0.25, 0.3) is 0 Å². The number of ether oxygens (including phenoxy) is 1. The van der Waals surface area contributed by atoms with Gasteiger partial charge in [-0.25, -0.2) is 4.79 Å². The number of hydrogen-bond acceptors (Lipinski definition) is 4. The van der Waals surface area contributed by atoms with Gasteiger partial charge in [-0.2, -0.15) is 0 Å². The molecule has 2 rings (SSSR count). The summed E-state index contributed by atoms with van der Waals surface area (Å²) in [6.45, 7) is 6.76. The second kappa shape index (κ2) is 12.5. The number of nitrogens with one attached hydrogen (secondary N) is 2. The Labute approximate surface area is 185 Å². The standard InChI is InChI=1S/C23H37ClN2O4/c1-23(2,11-6-9-19(24)18-10-12-30-15-18)16-26-20(21(27)14-25-22(28)29)13-17-7-4-3-5-8-17/h3-5,7-8,18-21,25-27H,6,9-16H2,1-2H3,(H,28,29)/t18?,19?,20-,21+/m0/s1. The second-order valence-electron chi connectivity index (χ2n) is 9.13. The van der Waals surface area contributed by atoms with Gasteiger partial charge >= 0.3 is 6.09 Å². The zero-order valence-corrected chi connectivity index (χ0v) is 18.9. The number of halogens is 1. The summed E-state index contributed by atoms with van der Waals surface area (Å²) in [4.78, 5) is 10.8. The van der Waals surface area contributed by atoms with Crippen LogP contribution in [0.2, 0.25) is 0 Å². The molecule has 170 valence electrons. The predicted molar refractivity (Wildman–Crippen MR) is 120 cm³/mol. The average molecular weight is 441 g/mol. The molecule has 0 radical (unpaired) electrons. The Hall–Kier alpha value is -1.34. The Morgan fingerprint density at radius 3 is 2.70 bits per heavy atom.